The quantitative estimate of drug-likeness (QED) is 0.567. The van der Waals surface area contributed by atoms with Crippen molar-refractivity contribution in [1.82, 2.24) is 0 Å². The Bertz CT molecular complexity index is 241. The second-order valence-corrected chi connectivity index (χ2v) is 4.87. The molecule has 2 N–H and O–H groups in total. The van der Waals surface area contributed by atoms with Gasteiger partial charge in [-0.1, -0.05) is 40.5 Å². The molecule has 16 heavy (non-hydrogen) atoms. The van der Waals surface area contributed by atoms with E-state index in [2.05, 4.69) is 0 Å². The van der Waals surface area contributed by atoms with Crippen molar-refractivity contribution in [2.45, 2.75) is 47.0 Å². The molecule has 5 heteroatoms. The Labute approximate surface area is 119 Å². The minimum absolute atomic E-state index is 0. The second kappa shape index (κ2) is 6.62. The number of aliphatic carboxylic acids is 2. The standard InChI is InChI=1S/C11H20O4.Na.H/c1-5-6-7-11(8(12)13,9(14)15)10(2,3)4;;/h5-7H2,1-4H3,(H,12,13)(H,14,15);;. The van der Waals surface area contributed by atoms with Crippen molar-refractivity contribution in [1.29, 1.82) is 0 Å². The molecule has 0 aromatic heterocycles. The fraction of sp³-hybridized carbons (Fsp3) is 0.818. The number of carbonyl (C=O) groups is 2. The van der Waals surface area contributed by atoms with E-state index in [0.717, 1.165) is 6.42 Å². The summed E-state index contributed by atoms with van der Waals surface area (Å²) in [7, 11) is 0. The summed E-state index contributed by atoms with van der Waals surface area (Å²) in [6.07, 6.45) is 1.58. The van der Waals surface area contributed by atoms with Gasteiger partial charge in [0.15, 0.2) is 5.41 Å². The Balaban J connectivity index is 0. The average Bonchev–Trinajstić information content (AvgIpc) is 2.01. The molecule has 0 aromatic rings. The van der Waals surface area contributed by atoms with E-state index < -0.39 is 22.8 Å². The minimum atomic E-state index is -1.68. The van der Waals surface area contributed by atoms with E-state index in [1.807, 2.05) is 6.92 Å². The first-order valence-electron chi connectivity index (χ1n) is 5.17. The SMILES string of the molecule is CCCCC(C(=O)O)(C(=O)O)C(C)(C)C.[NaH]. The molecule has 0 heterocycles. The van der Waals surface area contributed by atoms with Crippen LogP contribution in [0.15, 0.2) is 0 Å². The number of carboxylic acids is 2. The molecule has 0 bridgehead atoms. The van der Waals surface area contributed by atoms with Crippen LogP contribution in [-0.2, 0) is 9.59 Å². The summed E-state index contributed by atoms with van der Waals surface area (Å²) in [4.78, 5) is 22.5. The van der Waals surface area contributed by atoms with Crippen LogP contribution >= 0.6 is 0 Å². The van der Waals surface area contributed by atoms with Crippen molar-refractivity contribution >= 4 is 41.5 Å². The first-order valence-corrected chi connectivity index (χ1v) is 5.17. The summed E-state index contributed by atoms with van der Waals surface area (Å²) in [5, 5.41) is 18.4. The molecule has 0 spiro atoms. The normalized spacial score (nSPS) is 11.8. The van der Waals surface area contributed by atoms with Crippen LogP contribution in [0.4, 0.5) is 0 Å². The molecule has 0 saturated heterocycles. The average molecular weight is 240 g/mol. The molecule has 0 aliphatic heterocycles. The fourth-order valence-corrected chi connectivity index (χ4v) is 1.76. The van der Waals surface area contributed by atoms with Crippen molar-refractivity contribution in [3.63, 3.8) is 0 Å². The van der Waals surface area contributed by atoms with Gasteiger partial charge in [0, 0.05) is 0 Å². The first-order chi connectivity index (χ1) is 6.70. The number of rotatable bonds is 5. The zero-order chi connectivity index (χ0) is 12.3. The van der Waals surface area contributed by atoms with Gasteiger partial charge in [0.25, 0.3) is 0 Å². The van der Waals surface area contributed by atoms with Crippen LogP contribution in [0.2, 0.25) is 0 Å². The molecule has 0 unspecified atom stereocenters. The molecular weight excluding hydrogens is 219 g/mol. The Morgan fingerprint density at radius 3 is 1.62 bits per heavy atom. The molecule has 0 amide bonds. The van der Waals surface area contributed by atoms with Crippen molar-refractivity contribution in [2.24, 2.45) is 10.8 Å². The fourth-order valence-electron chi connectivity index (χ4n) is 1.76. The van der Waals surface area contributed by atoms with Crippen molar-refractivity contribution in [3.8, 4) is 0 Å². The van der Waals surface area contributed by atoms with Crippen LogP contribution in [0.3, 0.4) is 0 Å². The van der Waals surface area contributed by atoms with Crippen LogP contribution in [0, 0.1) is 10.8 Å². The third-order valence-corrected chi connectivity index (χ3v) is 2.92. The van der Waals surface area contributed by atoms with Crippen molar-refractivity contribution < 1.29 is 19.8 Å². The molecular formula is C11H21NaO4. The third-order valence-electron chi connectivity index (χ3n) is 2.92. The molecule has 0 radical (unpaired) electrons. The van der Waals surface area contributed by atoms with Crippen LogP contribution in [0.5, 0.6) is 0 Å². The molecule has 0 saturated carbocycles. The van der Waals surface area contributed by atoms with E-state index in [9.17, 15) is 19.8 Å². The van der Waals surface area contributed by atoms with Crippen molar-refractivity contribution in [2.75, 3.05) is 0 Å². The number of unbranched alkanes of at least 4 members (excludes halogenated alkanes) is 1. The molecule has 0 aromatic carbocycles. The van der Waals surface area contributed by atoms with Gasteiger partial charge in [-0.2, -0.15) is 0 Å². The van der Waals surface area contributed by atoms with Gasteiger partial charge in [0.2, 0.25) is 0 Å². The Morgan fingerprint density at radius 2 is 1.44 bits per heavy atom. The van der Waals surface area contributed by atoms with Crippen LogP contribution in [0.25, 0.3) is 0 Å². The molecule has 0 atom stereocenters. The van der Waals surface area contributed by atoms with Crippen LogP contribution < -0.4 is 0 Å². The molecule has 4 nitrogen and oxygen atoms in total. The zero-order valence-electron chi connectivity index (χ0n) is 9.83. The predicted octanol–water partition coefficient (Wildman–Crippen LogP) is 1.73. The summed E-state index contributed by atoms with van der Waals surface area (Å²) in [5.74, 6) is -2.48. The second-order valence-electron chi connectivity index (χ2n) is 4.87. The summed E-state index contributed by atoms with van der Waals surface area (Å²) < 4.78 is 0. The molecule has 0 aliphatic carbocycles. The molecule has 0 fully saturated rings. The van der Waals surface area contributed by atoms with Gasteiger partial charge in [0.05, 0.1) is 0 Å². The molecule has 90 valence electrons. The van der Waals surface area contributed by atoms with Gasteiger partial charge >= 0.3 is 41.5 Å². The summed E-state index contributed by atoms with van der Waals surface area (Å²) >= 11 is 0. The monoisotopic (exact) mass is 240 g/mol. The van der Waals surface area contributed by atoms with E-state index >= 15 is 0 Å². The van der Waals surface area contributed by atoms with Crippen LogP contribution in [-0.4, -0.2) is 51.7 Å². The van der Waals surface area contributed by atoms with Gasteiger partial charge in [-0.3, -0.25) is 9.59 Å². The Kier molecular flexibility index (Phi) is 7.58. The number of hydrogen-bond acceptors (Lipinski definition) is 2. The third kappa shape index (κ3) is 3.47. The van der Waals surface area contributed by atoms with E-state index in [4.69, 9.17) is 0 Å². The maximum atomic E-state index is 11.2. The van der Waals surface area contributed by atoms with E-state index in [1.165, 1.54) is 0 Å². The summed E-state index contributed by atoms with van der Waals surface area (Å²) in [6.45, 7) is 6.89. The first kappa shape index (κ1) is 18.3. The van der Waals surface area contributed by atoms with E-state index in [-0.39, 0.29) is 36.0 Å². The van der Waals surface area contributed by atoms with E-state index in [0.29, 0.717) is 6.42 Å². The van der Waals surface area contributed by atoms with Gasteiger partial charge < -0.3 is 10.2 Å². The van der Waals surface area contributed by atoms with Crippen molar-refractivity contribution in [3.05, 3.63) is 0 Å². The van der Waals surface area contributed by atoms with E-state index in [1.54, 1.807) is 20.8 Å². The maximum absolute atomic E-state index is 11.2. The van der Waals surface area contributed by atoms with Crippen LogP contribution in [0.1, 0.15) is 47.0 Å². The Hall–Kier alpha value is -0.0600. The Morgan fingerprint density at radius 1 is 1.06 bits per heavy atom. The van der Waals surface area contributed by atoms with Gasteiger partial charge in [-0.15, -0.1) is 0 Å². The molecule has 0 rings (SSSR count). The van der Waals surface area contributed by atoms with Gasteiger partial charge in [0.1, 0.15) is 0 Å². The summed E-state index contributed by atoms with van der Waals surface area (Å²) in [6, 6.07) is 0. The van der Waals surface area contributed by atoms with Gasteiger partial charge in [-0.25, -0.2) is 0 Å². The number of hydrogen-bond donors (Lipinski definition) is 2. The topological polar surface area (TPSA) is 74.6 Å². The summed E-state index contributed by atoms with van der Waals surface area (Å²) in [5.41, 5.74) is -2.47. The zero-order valence-corrected chi connectivity index (χ0v) is 9.83. The van der Waals surface area contributed by atoms with Gasteiger partial charge in [-0.05, 0) is 11.8 Å². The number of carboxylic acid groups (broad SMARTS) is 2. The predicted molar refractivity (Wildman–Crippen MR) is 63.8 cm³/mol. The molecule has 0 aliphatic rings.